The molecule has 15 heteroatoms. The Morgan fingerprint density at radius 2 is 1.78 bits per heavy atom. The fourth-order valence-electron chi connectivity index (χ4n) is 8.19. The standard InChI is InChI=1S/C39H52N6O8S/c1-7-23-20-39(23,34(48)44-54(50,51)25-16-17-25)43-31(46)29-19-24-21-45(29)33(47)30(36(2,3)4)42-35(49)53-38(6)22-37(38,5)18-12-8-9-15-28-32(52-24)41-27-14-11-10-13-26(27)40-28/h7,10-11,13-14,23-25,29-30H,1,8-9,12,15-22H2,2-6H3,(H,42,49)(H,43,46)(H,44,48)/t23-,24-,29+,30-,37+,38+,39-/m1/s1. The molecule has 7 atom stereocenters. The monoisotopic (exact) mass is 764 g/mol. The Morgan fingerprint density at radius 1 is 1.07 bits per heavy atom. The molecule has 3 saturated carbocycles. The van der Waals surface area contributed by atoms with Crippen LogP contribution < -0.4 is 20.1 Å². The SMILES string of the molecule is C=C[C@@H]1C[C@]1(NC(=O)[C@@H]1C[C@@H]2CN1C(=O)[C@H](C(C)(C)C)NC(=O)O[C@@]1(C)C[C@]1(C)CCCCCc1nc3ccccc3nc1O2)C(=O)NS(=O)(=O)C1CC1. The summed E-state index contributed by atoms with van der Waals surface area (Å²) in [5, 5.41) is 5.02. The van der Waals surface area contributed by atoms with Crippen LogP contribution in [-0.2, 0) is 35.6 Å². The summed E-state index contributed by atoms with van der Waals surface area (Å²) in [5.41, 5.74) is -1.17. The Morgan fingerprint density at radius 3 is 2.43 bits per heavy atom. The van der Waals surface area contributed by atoms with Gasteiger partial charge in [-0.15, -0.1) is 6.58 Å². The highest BCUT2D eigenvalue weighted by Crippen LogP contribution is 2.61. The number of nitrogens with one attached hydrogen (secondary N) is 3. The third-order valence-corrected chi connectivity index (χ3v) is 14.0. The number of amides is 4. The Bertz CT molecular complexity index is 2000. The Kier molecular flexibility index (Phi) is 9.50. The summed E-state index contributed by atoms with van der Waals surface area (Å²) in [4.78, 5) is 67.3. The average Bonchev–Trinajstić information content (AvgIpc) is 4.05. The molecule has 2 aliphatic heterocycles. The number of aryl methyl sites for hydroxylation is 1. The fourth-order valence-corrected chi connectivity index (χ4v) is 9.56. The number of alkyl carbamates (subject to hydrolysis) is 1. The molecule has 0 spiro atoms. The zero-order chi connectivity index (χ0) is 38.8. The third kappa shape index (κ3) is 7.27. The minimum Gasteiger partial charge on any atom is -0.471 e. The second kappa shape index (κ2) is 13.5. The Hall–Kier alpha value is -4.27. The van der Waals surface area contributed by atoms with Crippen molar-refractivity contribution in [1.82, 2.24) is 30.2 Å². The van der Waals surface area contributed by atoms with Gasteiger partial charge in [-0.2, -0.15) is 0 Å². The van der Waals surface area contributed by atoms with Gasteiger partial charge in [0, 0.05) is 17.8 Å². The van der Waals surface area contributed by atoms with Gasteiger partial charge in [0.25, 0.3) is 5.91 Å². The largest absolute Gasteiger partial charge is 0.471 e. The zero-order valence-electron chi connectivity index (χ0n) is 31.8. The quantitative estimate of drug-likeness (QED) is 0.362. The van der Waals surface area contributed by atoms with Gasteiger partial charge in [0.05, 0.1) is 22.8 Å². The lowest BCUT2D eigenvalue weighted by Gasteiger charge is -2.35. The maximum absolute atomic E-state index is 14.7. The fraction of sp³-hybridized carbons (Fsp3) is 0.641. The number of para-hydroxylation sites is 2. The van der Waals surface area contributed by atoms with Crippen LogP contribution in [-0.4, -0.2) is 88.2 Å². The number of hydrogen-bond acceptors (Lipinski definition) is 10. The van der Waals surface area contributed by atoms with Crippen LogP contribution in [0.25, 0.3) is 11.0 Å². The van der Waals surface area contributed by atoms with E-state index < -0.39 is 79.7 Å². The number of rotatable bonds is 6. The highest BCUT2D eigenvalue weighted by Gasteiger charge is 2.64. The van der Waals surface area contributed by atoms with E-state index >= 15 is 0 Å². The number of hydrogen-bond donors (Lipinski definition) is 3. The summed E-state index contributed by atoms with van der Waals surface area (Å²) in [6.07, 6.45) is 6.10. The molecule has 4 amide bonds. The van der Waals surface area contributed by atoms with Crippen LogP contribution in [0.2, 0.25) is 0 Å². The van der Waals surface area contributed by atoms with Crippen molar-refractivity contribution in [2.24, 2.45) is 16.7 Å². The number of carbonyl (C=O) groups excluding carboxylic acids is 4. The maximum Gasteiger partial charge on any atom is 0.408 e. The molecular formula is C39H52N6O8S. The Labute approximate surface area is 316 Å². The van der Waals surface area contributed by atoms with Gasteiger partial charge in [0.2, 0.25) is 27.7 Å². The molecule has 292 valence electrons. The summed E-state index contributed by atoms with van der Waals surface area (Å²) in [6.45, 7) is 13.3. The van der Waals surface area contributed by atoms with Gasteiger partial charge in [-0.05, 0) is 69.4 Å². The Balaban J connectivity index is 1.22. The molecule has 0 unspecified atom stereocenters. The number of benzene rings is 1. The van der Waals surface area contributed by atoms with E-state index in [2.05, 4.69) is 28.9 Å². The molecule has 3 N–H and O–H groups in total. The van der Waals surface area contributed by atoms with Crippen molar-refractivity contribution >= 4 is 44.9 Å². The van der Waals surface area contributed by atoms with Crippen LogP contribution in [0.5, 0.6) is 5.88 Å². The van der Waals surface area contributed by atoms with Crippen molar-refractivity contribution in [1.29, 1.82) is 0 Å². The summed E-state index contributed by atoms with van der Waals surface area (Å²) in [5.74, 6) is -2.18. The molecule has 3 heterocycles. The summed E-state index contributed by atoms with van der Waals surface area (Å²) >= 11 is 0. The minimum absolute atomic E-state index is 0.0237. The molecule has 1 saturated heterocycles. The number of nitrogens with zero attached hydrogens (tertiary/aromatic N) is 3. The van der Waals surface area contributed by atoms with E-state index in [1.165, 1.54) is 11.0 Å². The molecule has 5 aliphatic rings. The molecule has 2 bridgehead atoms. The van der Waals surface area contributed by atoms with Gasteiger partial charge in [-0.1, -0.05) is 58.7 Å². The van der Waals surface area contributed by atoms with Crippen molar-refractivity contribution in [3.63, 3.8) is 0 Å². The predicted octanol–water partition coefficient (Wildman–Crippen LogP) is 4.07. The van der Waals surface area contributed by atoms with Crippen molar-refractivity contribution < 1.29 is 37.1 Å². The van der Waals surface area contributed by atoms with Gasteiger partial charge >= 0.3 is 6.09 Å². The topological polar surface area (TPSA) is 186 Å². The number of aromatic nitrogens is 2. The van der Waals surface area contributed by atoms with Gasteiger partial charge in [0.15, 0.2) is 0 Å². The second-order valence-electron chi connectivity index (χ2n) is 17.5. The van der Waals surface area contributed by atoms with Crippen LogP contribution >= 0.6 is 0 Å². The van der Waals surface area contributed by atoms with E-state index in [-0.39, 0.29) is 24.8 Å². The van der Waals surface area contributed by atoms with Crippen molar-refractivity contribution in [3.05, 3.63) is 42.6 Å². The van der Waals surface area contributed by atoms with Crippen molar-refractivity contribution in [2.45, 2.75) is 133 Å². The summed E-state index contributed by atoms with van der Waals surface area (Å²) in [6, 6.07) is 5.29. The van der Waals surface area contributed by atoms with E-state index in [0.717, 1.165) is 31.2 Å². The normalized spacial score (nSPS) is 33.1. The molecule has 14 nitrogen and oxygen atoms in total. The molecule has 1 aromatic heterocycles. The van der Waals surface area contributed by atoms with Gasteiger partial charge < -0.3 is 25.0 Å². The van der Waals surface area contributed by atoms with E-state index in [9.17, 15) is 27.6 Å². The van der Waals surface area contributed by atoms with Crippen LogP contribution in [0.1, 0.15) is 98.1 Å². The number of sulfonamides is 1. The van der Waals surface area contributed by atoms with Crippen LogP contribution in [0.3, 0.4) is 0 Å². The van der Waals surface area contributed by atoms with Crippen molar-refractivity contribution in [2.75, 3.05) is 6.54 Å². The van der Waals surface area contributed by atoms with Crippen LogP contribution in [0, 0.1) is 16.7 Å². The molecule has 7 rings (SSSR count). The first-order valence-electron chi connectivity index (χ1n) is 19.1. The second-order valence-corrected chi connectivity index (χ2v) is 19.5. The van der Waals surface area contributed by atoms with E-state index in [4.69, 9.17) is 19.4 Å². The van der Waals surface area contributed by atoms with E-state index in [1.54, 1.807) is 0 Å². The molecule has 2 aromatic rings. The third-order valence-electron chi connectivity index (χ3n) is 12.2. The first-order valence-corrected chi connectivity index (χ1v) is 20.7. The molecule has 3 aliphatic carbocycles. The smallest absolute Gasteiger partial charge is 0.408 e. The number of carbonyl (C=O) groups is 4. The average molecular weight is 765 g/mol. The van der Waals surface area contributed by atoms with E-state index in [0.29, 0.717) is 42.8 Å². The first kappa shape index (κ1) is 38.0. The molecule has 1 aromatic carbocycles. The molecule has 4 fully saturated rings. The minimum atomic E-state index is -3.90. The number of ether oxygens (including phenoxy) is 2. The zero-order valence-corrected chi connectivity index (χ0v) is 32.6. The maximum atomic E-state index is 14.7. The summed E-state index contributed by atoms with van der Waals surface area (Å²) < 4.78 is 40.2. The lowest BCUT2D eigenvalue weighted by atomic mass is 9.85. The molecule has 0 radical (unpaired) electrons. The first-order chi connectivity index (χ1) is 25.4. The van der Waals surface area contributed by atoms with Crippen molar-refractivity contribution in [3.8, 4) is 5.88 Å². The van der Waals surface area contributed by atoms with E-state index in [1.807, 2.05) is 52.0 Å². The molecular weight excluding hydrogens is 713 g/mol. The van der Waals surface area contributed by atoms with Gasteiger partial charge in [-0.3, -0.25) is 19.1 Å². The van der Waals surface area contributed by atoms with Gasteiger partial charge in [0.1, 0.15) is 35.0 Å². The number of fused-ring (bicyclic) bond motifs is 5. The van der Waals surface area contributed by atoms with Crippen LogP contribution in [0.15, 0.2) is 36.9 Å². The predicted molar refractivity (Wildman–Crippen MR) is 199 cm³/mol. The lowest BCUT2D eigenvalue weighted by Crippen LogP contribution is -2.60. The highest BCUT2D eigenvalue weighted by molar-refractivity contribution is 7.91. The lowest BCUT2D eigenvalue weighted by molar-refractivity contribution is -0.143. The highest BCUT2D eigenvalue weighted by atomic mass is 32.2. The summed E-state index contributed by atoms with van der Waals surface area (Å²) in [7, 11) is -3.90. The van der Waals surface area contributed by atoms with Crippen LogP contribution in [0.4, 0.5) is 4.79 Å². The van der Waals surface area contributed by atoms with Gasteiger partial charge in [-0.25, -0.2) is 23.2 Å². The molecule has 54 heavy (non-hydrogen) atoms.